The Balaban J connectivity index is 1.88. The highest BCUT2D eigenvalue weighted by Crippen LogP contribution is 2.29. The van der Waals surface area contributed by atoms with Gasteiger partial charge < -0.3 is 14.8 Å². The summed E-state index contributed by atoms with van der Waals surface area (Å²) in [6, 6.07) is 12.6. The van der Waals surface area contributed by atoms with Crippen molar-refractivity contribution in [3.05, 3.63) is 42.0 Å². The van der Waals surface area contributed by atoms with Gasteiger partial charge in [-0.3, -0.25) is 0 Å². The van der Waals surface area contributed by atoms with E-state index in [1.807, 2.05) is 12.1 Å². The molecule has 1 aliphatic rings. The quantitative estimate of drug-likeness (QED) is 0.927. The number of benzene rings is 2. The van der Waals surface area contributed by atoms with Gasteiger partial charge in [0.05, 0.1) is 13.7 Å². The Morgan fingerprint density at radius 1 is 1.20 bits per heavy atom. The Morgan fingerprint density at radius 2 is 2.00 bits per heavy atom. The molecule has 1 fully saturated rings. The van der Waals surface area contributed by atoms with Gasteiger partial charge in [0.25, 0.3) is 0 Å². The van der Waals surface area contributed by atoms with Gasteiger partial charge in [-0.15, -0.1) is 0 Å². The zero-order valence-electron chi connectivity index (χ0n) is 12.1. The van der Waals surface area contributed by atoms with Crippen LogP contribution in [0.15, 0.2) is 36.4 Å². The predicted octanol–water partition coefficient (Wildman–Crippen LogP) is 3.12. The molecule has 0 radical (unpaired) electrons. The lowest BCUT2D eigenvalue weighted by Gasteiger charge is -2.24. The molecule has 0 aromatic heterocycles. The fourth-order valence-corrected chi connectivity index (χ4v) is 2.78. The standard InChI is InChI=1S/C17H21NO2/c1-17(9-10-20-12-17)18-11-13-7-8-16(19-2)15-6-4-3-5-14(13)15/h3-8,18H,9-12H2,1-2H3. The molecule has 1 N–H and O–H groups in total. The van der Waals surface area contributed by atoms with Crippen LogP contribution >= 0.6 is 0 Å². The summed E-state index contributed by atoms with van der Waals surface area (Å²) in [6.07, 6.45) is 1.07. The Labute approximate surface area is 119 Å². The van der Waals surface area contributed by atoms with E-state index in [1.165, 1.54) is 16.3 Å². The summed E-state index contributed by atoms with van der Waals surface area (Å²) in [5.41, 5.74) is 1.40. The highest BCUT2D eigenvalue weighted by atomic mass is 16.5. The second-order valence-corrected chi connectivity index (χ2v) is 5.69. The molecule has 1 aliphatic heterocycles. The van der Waals surface area contributed by atoms with Gasteiger partial charge in [0.1, 0.15) is 5.75 Å². The van der Waals surface area contributed by atoms with Crippen molar-refractivity contribution >= 4 is 10.8 Å². The van der Waals surface area contributed by atoms with Crippen LogP contribution in [-0.4, -0.2) is 25.9 Å². The average molecular weight is 271 g/mol. The van der Waals surface area contributed by atoms with Crippen LogP contribution in [0.4, 0.5) is 0 Å². The second-order valence-electron chi connectivity index (χ2n) is 5.69. The lowest BCUT2D eigenvalue weighted by molar-refractivity contribution is 0.171. The minimum atomic E-state index is 0.0982. The van der Waals surface area contributed by atoms with Crippen molar-refractivity contribution in [2.75, 3.05) is 20.3 Å². The molecule has 0 spiro atoms. The van der Waals surface area contributed by atoms with Crippen LogP contribution in [0.5, 0.6) is 5.75 Å². The number of nitrogens with one attached hydrogen (secondary N) is 1. The first kappa shape index (κ1) is 13.4. The van der Waals surface area contributed by atoms with E-state index in [9.17, 15) is 0 Å². The second kappa shape index (κ2) is 5.43. The van der Waals surface area contributed by atoms with E-state index < -0.39 is 0 Å². The summed E-state index contributed by atoms with van der Waals surface area (Å²) in [4.78, 5) is 0. The first-order valence-electron chi connectivity index (χ1n) is 7.09. The number of fused-ring (bicyclic) bond motifs is 1. The van der Waals surface area contributed by atoms with Crippen molar-refractivity contribution in [1.82, 2.24) is 5.32 Å². The zero-order chi connectivity index (χ0) is 14.0. The van der Waals surface area contributed by atoms with Gasteiger partial charge in [0.2, 0.25) is 0 Å². The van der Waals surface area contributed by atoms with Gasteiger partial charge in [-0.2, -0.15) is 0 Å². The van der Waals surface area contributed by atoms with Crippen molar-refractivity contribution in [1.29, 1.82) is 0 Å². The molecule has 106 valence electrons. The molecule has 0 bridgehead atoms. The molecule has 2 aromatic carbocycles. The third-order valence-corrected chi connectivity index (χ3v) is 4.12. The molecule has 2 aromatic rings. The summed E-state index contributed by atoms with van der Waals surface area (Å²) in [5.74, 6) is 0.930. The number of hydrogen-bond acceptors (Lipinski definition) is 3. The smallest absolute Gasteiger partial charge is 0.126 e. The predicted molar refractivity (Wildman–Crippen MR) is 81.2 cm³/mol. The van der Waals surface area contributed by atoms with Crippen molar-refractivity contribution in [3.8, 4) is 5.75 Å². The number of ether oxygens (including phenoxy) is 2. The van der Waals surface area contributed by atoms with Gasteiger partial charge in [-0.25, -0.2) is 0 Å². The van der Waals surface area contributed by atoms with Crippen LogP contribution in [0, 0.1) is 0 Å². The summed E-state index contributed by atoms with van der Waals surface area (Å²) >= 11 is 0. The first-order chi connectivity index (χ1) is 9.72. The Morgan fingerprint density at radius 3 is 2.70 bits per heavy atom. The van der Waals surface area contributed by atoms with Crippen LogP contribution in [0.3, 0.4) is 0 Å². The normalized spacial score (nSPS) is 22.3. The third kappa shape index (κ3) is 2.51. The summed E-state index contributed by atoms with van der Waals surface area (Å²) in [7, 11) is 1.72. The van der Waals surface area contributed by atoms with E-state index in [1.54, 1.807) is 7.11 Å². The maximum atomic E-state index is 5.49. The van der Waals surface area contributed by atoms with E-state index in [-0.39, 0.29) is 5.54 Å². The molecule has 3 rings (SSSR count). The molecule has 3 heteroatoms. The molecule has 0 amide bonds. The van der Waals surface area contributed by atoms with Crippen molar-refractivity contribution in [2.24, 2.45) is 0 Å². The Kier molecular flexibility index (Phi) is 3.64. The molecule has 1 heterocycles. The van der Waals surface area contributed by atoms with E-state index in [0.29, 0.717) is 0 Å². The van der Waals surface area contributed by atoms with Crippen molar-refractivity contribution in [2.45, 2.75) is 25.4 Å². The molecule has 0 aliphatic carbocycles. The summed E-state index contributed by atoms with van der Waals surface area (Å²) in [5, 5.41) is 6.06. The summed E-state index contributed by atoms with van der Waals surface area (Å²) in [6.45, 7) is 4.73. The molecule has 0 saturated carbocycles. The number of rotatable bonds is 4. The molecule has 3 nitrogen and oxygen atoms in total. The molecule has 20 heavy (non-hydrogen) atoms. The molecular formula is C17H21NO2. The molecule has 1 unspecified atom stereocenters. The van der Waals surface area contributed by atoms with Gasteiger partial charge >= 0.3 is 0 Å². The van der Waals surface area contributed by atoms with Crippen LogP contribution in [0.2, 0.25) is 0 Å². The largest absolute Gasteiger partial charge is 0.496 e. The fourth-order valence-electron chi connectivity index (χ4n) is 2.78. The minimum Gasteiger partial charge on any atom is -0.496 e. The molecule has 1 saturated heterocycles. The minimum absolute atomic E-state index is 0.0982. The average Bonchev–Trinajstić information content (AvgIpc) is 2.92. The van der Waals surface area contributed by atoms with Gasteiger partial charge in [0, 0.05) is 24.1 Å². The van der Waals surface area contributed by atoms with Crippen LogP contribution in [0.1, 0.15) is 18.9 Å². The SMILES string of the molecule is COc1ccc(CNC2(C)CCOC2)c2ccccc12. The van der Waals surface area contributed by atoms with E-state index in [2.05, 4.69) is 36.5 Å². The lowest BCUT2D eigenvalue weighted by atomic mass is 9.99. The first-order valence-corrected chi connectivity index (χ1v) is 7.09. The molecule has 1 atom stereocenters. The molecular weight excluding hydrogens is 250 g/mol. The van der Waals surface area contributed by atoms with Crippen LogP contribution in [-0.2, 0) is 11.3 Å². The fraction of sp³-hybridized carbons (Fsp3) is 0.412. The monoisotopic (exact) mass is 271 g/mol. The Bertz CT molecular complexity index is 603. The van der Waals surface area contributed by atoms with E-state index in [0.717, 1.165) is 31.9 Å². The number of hydrogen-bond donors (Lipinski definition) is 1. The lowest BCUT2D eigenvalue weighted by Crippen LogP contribution is -2.42. The highest BCUT2D eigenvalue weighted by molar-refractivity contribution is 5.91. The van der Waals surface area contributed by atoms with E-state index >= 15 is 0 Å². The van der Waals surface area contributed by atoms with Crippen molar-refractivity contribution in [3.63, 3.8) is 0 Å². The highest BCUT2D eigenvalue weighted by Gasteiger charge is 2.28. The third-order valence-electron chi connectivity index (χ3n) is 4.12. The van der Waals surface area contributed by atoms with E-state index in [4.69, 9.17) is 9.47 Å². The van der Waals surface area contributed by atoms with Crippen LogP contribution in [0.25, 0.3) is 10.8 Å². The maximum absolute atomic E-state index is 5.49. The van der Waals surface area contributed by atoms with Gasteiger partial charge in [0.15, 0.2) is 0 Å². The van der Waals surface area contributed by atoms with Gasteiger partial charge in [-0.1, -0.05) is 30.3 Å². The summed E-state index contributed by atoms with van der Waals surface area (Å²) < 4.78 is 10.9. The van der Waals surface area contributed by atoms with Crippen molar-refractivity contribution < 1.29 is 9.47 Å². The van der Waals surface area contributed by atoms with Crippen LogP contribution < -0.4 is 10.1 Å². The van der Waals surface area contributed by atoms with Gasteiger partial charge in [-0.05, 0) is 30.4 Å². The number of methoxy groups -OCH3 is 1. The Hall–Kier alpha value is -1.58. The topological polar surface area (TPSA) is 30.5 Å². The maximum Gasteiger partial charge on any atom is 0.126 e. The zero-order valence-corrected chi connectivity index (χ0v) is 12.1.